The molecule has 0 spiro atoms. The Balaban J connectivity index is 2.10. The quantitative estimate of drug-likeness (QED) is 0.0506. The van der Waals surface area contributed by atoms with Crippen LogP contribution in [0.3, 0.4) is 0 Å². The molecule has 34 nitrogen and oxygen atoms in total. The number of carbonyl (C=O) groups is 3. The molecule has 3 rings (SSSR count). The predicted octanol–water partition coefficient (Wildman–Crippen LogP) is 0.263. The molecule has 0 saturated carbocycles. The first-order chi connectivity index (χ1) is 31.9. The van der Waals surface area contributed by atoms with Crippen LogP contribution in [0.1, 0.15) is 31.1 Å². The highest BCUT2D eigenvalue weighted by Crippen LogP contribution is 2.62. The molecule has 2 amide bonds. The lowest BCUT2D eigenvalue weighted by Gasteiger charge is -2.22. The van der Waals surface area contributed by atoms with E-state index in [2.05, 4.69) is 31.9 Å². The van der Waals surface area contributed by atoms with Crippen LogP contribution in [-0.2, 0) is 36.5 Å². The lowest BCUT2D eigenvalue weighted by molar-refractivity contribution is 0.0695. The molecule has 23 N–H and O–H groups in total. The van der Waals surface area contributed by atoms with Gasteiger partial charge in [0.1, 0.15) is 0 Å². The number of rotatable bonds is 25. The van der Waals surface area contributed by atoms with Crippen LogP contribution in [0.2, 0.25) is 0 Å². The maximum atomic E-state index is 13.7. The Morgan fingerprint density at radius 2 is 0.507 bits per heavy atom. The minimum atomic E-state index is -5.56. The standard InChI is InChI=1S/C29H44N6O28P8/c36-27(14-1-17(30-10-23(64(40,41)42)65(43,44)45)7-18(2-14)31-11-24(66(46,47)48)67(49,50)51)34-21-5-16(29(38)39)6-22(9-21)35-28(37)15-3-19(32-12-25(68(52,53)54)69(55,56)57)8-20(4-15)33-13-26(70(58,59)60)71(61,62)63/h1-9,23-26,30-33H,10-13H2,(H,34,36)(H,35,37)(H,38,39)(H2,40,41,42)(H2,43,44,45)(H2,46,47,48)(H2,49,50,51)(H2,52,53,54)(H2,55,56,57)(H2,58,59,60)(H2,61,62,63). The van der Waals surface area contributed by atoms with Gasteiger partial charge in [-0.1, -0.05) is 0 Å². The zero-order chi connectivity index (χ0) is 54.7. The van der Waals surface area contributed by atoms with E-state index < -0.39 is 177 Å². The van der Waals surface area contributed by atoms with Gasteiger partial charge in [-0.15, -0.1) is 0 Å². The Kier molecular flexibility index (Phi) is 19.9. The molecule has 0 radical (unpaired) electrons. The predicted molar refractivity (Wildman–Crippen MR) is 248 cm³/mol. The summed E-state index contributed by atoms with van der Waals surface area (Å²) in [6.45, 7) is -4.80. The minimum absolute atomic E-state index is 0.424. The second-order valence-electron chi connectivity index (χ2n) is 14.8. The van der Waals surface area contributed by atoms with E-state index in [1.165, 1.54) is 0 Å². The lowest BCUT2D eigenvalue weighted by Crippen LogP contribution is -2.22. The highest BCUT2D eigenvalue weighted by Gasteiger charge is 2.46. The van der Waals surface area contributed by atoms with E-state index in [0.29, 0.717) is 0 Å². The average molecular weight is 1170 g/mol. The van der Waals surface area contributed by atoms with Crippen molar-refractivity contribution < 1.29 is 134 Å². The summed E-state index contributed by atoms with van der Waals surface area (Å²) >= 11 is 0. The van der Waals surface area contributed by atoms with Crippen molar-refractivity contribution in [3.63, 3.8) is 0 Å². The molecule has 0 aliphatic carbocycles. The van der Waals surface area contributed by atoms with Gasteiger partial charge >= 0.3 is 66.7 Å². The SMILES string of the molecule is O=C(O)c1cc(NC(=O)c2cc(NCC(P(=O)(O)O)P(=O)(O)O)cc(NCC(P(=O)(O)O)P(=O)(O)O)c2)cc(NC(=O)c2cc(NCC(P(=O)(O)O)P(=O)(O)O)cc(NCC(P(=O)(O)O)P(=O)(O)O)c2)c1. The number of aromatic carboxylic acids is 1. The van der Waals surface area contributed by atoms with E-state index in [4.69, 9.17) is 0 Å². The van der Waals surface area contributed by atoms with E-state index in [-0.39, 0.29) is 0 Å². The summed E-state index contributed by atoms with van der Waals surface area (Å²) in [6.07, 6.45) is 0. The Labute approximate surface area is 397 Å². The number of benzene rings is 3. The van der Waals surface area contributed by atoms with Crippen molar-refractivity contribution in [2.75, 3.05) is 58.1 Å². The summed E-state index contributed by atoms with van der Waals surface area (Å²) < 4.78 is 95.0. The number of nitrogens with one attached hydrogen (secondary N) is 6. The first kappa shape index (κ1) is 61.8. The average Bonchev–Trinajstić information content (AvgIpc) is 3.13. The van der Waals surface area contributed by atoms with Gasteiger partial charge in [-0.2, -0.15) is 0 Å². The number of carboxylic acid groups (broad SMARTS) is 1. The van der Waals surface area contributed by atoms with Crippen LogP contribution in [0.15, 0.2) is 54.6 Å². The highest BCUT2D eigenvalue weighted by molar-refractivity contribution is 7.72. The van der Waals surface area contributed by atoms with Gasteiger partial charge in [-0.3, -0.25) is 46.1 Å². The van der Waals surface area contributed by atoms with E-state index in [9.17, 15) is 134 Å². The zero-order valence-electron chi connectivity index (χ0n) is 35.0. The molecule has 0 aliphatic heterocycles. The Morgan fingerprint density at radius 1 is 0.324 bits per heavy atom. The Morgan fingerprint density at radius 3 is 0.690 bits per heavy atom. The lowest BCUT2D eigenvalue weighted by atomic mass is 10.1. The minimum Gasteiger partial charge on any atom is -0.478 e. The van der Waals surface area contributed by atoms with Crippen LogP contribution in [0.4, 0.5) is 34.1 Å². The van der Waals surface area contributed by atoms with Crippen LogP contribution < -0.4 is 31.9 Å². The first-order valence-electron chi connectivity index (χ1n) is 18.6. The molecule has 0 fully saturated rings. The third-order valence-corrected chi connectivity index (χ3v) is 24.0. The Bertz CT molecular complexity index is 2500. The van der Waals surface area contributed by atoms with Gasteiger partial charge in [0, 0.05) is 71.4 Å². The molecular weight excluding hydrogens is 1130 g/mol. The van der Waals surface area contributed by atoms with Crippen LogP contribution in [0.25, 0.3) is 0 Å². The number of hydrogen-bond donors (Lipinski definition) is 23. The molecule has 42 heteroatoms. The highest BCUT2D eigenvalue weighted by atomic mass is 31.3. The van der Waals surface area contributed by atoms with Gasteiger partial charge in [0.25, 0.3) is 11.8 Å². The molecule has 0 aromatic heterocycles. The zero-order valence-corrected chi connectivity index (χ0v) is 42.2. The van der Waals surface area contributed by atoms with Crippen molar-refractivity contribution in [1.82, 2.24) is 0 Å². The third kappa shape index (κ3) is 19.0. The van der Waals surface area contributed by atoms with Crippen molar-refractivity contribution in [2.24, 2.45) is 0 Å². The fraction of sp³-hybridized carbons (Fsp3) is 0.276. The van der Waals surface area contributed by atoms with Crippen LogP contribution in [0, 0.1) is 0 Å². The van der Waals surface area contributed by atoms with Crippen LogP contribution >= 0.6 is 60.8 Å². The van der Waals surface area contributed by atoms with Gasteiger partial charge in [0.15, 0.2) is 21.6 Å². The van der Waals surface area contributed by atoms with Gasteiger partial charge in [-0.25, -0.2) is 4.79 Å². The normalized spacial score (nSPS) is 13.4. The molecule has 3 aromatic carbocycles. The van der Waals surface area contributed by atoms with Crippen molar-refractivity contribution in [3.05, 3.63) is 71.3 Å². The van der Waals surface area contributed by atoms with Gasteiger partial charge in [-0.05, 0) is 54.6 Å². The second-order valence-corrected chi connectivity index (χ2v) is 30.8. The molecule has 71 heavy (non-hydrogen) atoms. The monoisotopic (exact) mass is 1170 g/mol. The number of carbonyl (C=O) groups excluding carboxylic acids is 2. The van der Waals surface area contributed by atoms with E-state index in [1.807, 2.05) is 0 Å². The summed E-state index contributed by atoms with van der Waals surface area (Å²) in [6, 6.07) is 7.81. The third-order valence-electron chi connectivity index (χ3n) is 9.15. The maximum Gasteiger partial charge on any atom is 0.342 e. The van der Waals surface area contributed by atoms with Crippen LogP contribution in [0.5, 0.6) is 0 Å². The van der Waals surface area contributed by atoms with Crippen LogP contribution in [-0.4, -0.2) is 149 Å². The molecule has 3 aromatic rings. The molecule has 0 aliphatic rings. The smallest absolute Gasteiger partial charge is 0.342 e. The van der Waals surface area contributed by atoms with Gasteiger partial charge in [0.05, 0.1) is 5.56 Å². The summed E-state index contributed by atoms with van der Waals surface area (Å²) in [7, 11) is -44.5. The molecule has 0 unspecified atom stereocenters. The number of amides is 2. The van der Waals surface area contributed by atoms with Crippen molar-refractivity contribution in [1.29, 1.82) is 0 Å². The topological polar surface area (TPSA) is 604 Å². The molecule has 398 valence electrons. The van der Waals surface area contributed by atoms with E-state index in [0.717, 1.165) is 54.6 Å². The second kappa shape index (κ2) is 22.9. The van der Waals surface area contributed by atoms with Crippen molar-refractivity contribution >= 4 is 113 Å². The molecular formula is C29H44N6O28P8. The van der Waals surface area contributed by atoms with E-state index in [1.54, 1.807) is 0 Å². The molecule has 0 saturated heterocycles. The fourth-order valence-electron chi connectivity index (χ4n) is 5.80. The maximum absolute atomic E-state index is 13.7. The molecule has 0 bridgehead atoms. The Hall–Kier alpha value is -3.53. The summed E-state index contributed by atoms with van der Waals surface area (Å²) in [5.41, 5.74) is -4.44. The van der Waals surface area contributed by atoms with Crippen molar-refractivity contribution in [3.8, 4) is 0 Å². The largest absolute Gasteiger partial charge is 0.478 e. The van der Waals surface area contributed by atoms with Crippen molar-refractivity contribution in [2.45, 2.75) is 21.6 Å². The fourth-order valence-corrected chi connectivity index (χ4v) is 14.7. The number of anilines is 6. The summed E-state index contributed by atoms with van der Waals surface area (Å²) in [5.74, 6) is -4.19. The van der Waals surface area contributed by atoms with E-state index >= 15 is 0 Å². The molecule has 0 atom stereocenters. The van der Waals surface area contributed by atoms with Gasteiger partial charge < -0.3 is 115 Å². The first-order valence-corrected chi connectivity index (χ1v) is 32.0. The number of hydrogen-bond acceptors (Lipinski definition) is 15. The van der Waals surface area contributed by atoms with Gasteiger partial charge in [0.2, 0.25) is 0 Å². The summed E-state index contributed by atoms with van der Waals surface area (Å²) in [4.78, 5) is 192. The summed E-state index contributed by atoms with van der Waals surface area (Å²) in [5, 5.41) is 12.6. The molecule has 0 heterocycles. The number of carboxylic acids is 1.